The van der Waals surface area contributed by atoms with E-state index in [4.69, 9.17) is 9.47 Å². The van der Waals surface area contributed by atoms with Gasteiger partial charge < -0.3 is 19.9 Å². The second kappa shape index (κ2) is 5.80. The predicted molar refractivity (Wildman–Crippen MR) is 75.6 cm³/mol. The van der Waals surface area contributed by atoms with Crippen LogP contribution in [0.1, 0.15) is 20.3 Å². The molecule has 0 radical (unpaired) electrons. The number of hydrogen-bond donors (Lipinski definition) is 2. The number of rotatable bonds is 6. The lowest BCUT2D eigenvalue weighted by Gasteiger charge is -2.49. The first kappa shape index (κ1) is 14.2. The maximum atomic E-state index is 9.72. The number of methoxy groups -OCH3 is 1. The highest BCUT2D eigenvalue weighted by Crippen LogP contribution is 2.42. The highest BCUT2D eigenvalue weighted by Gasteiger charge is 2.47. The summed E-state index contributed by atoms with van der Waals surface area (Å²) in [5, 5.41) is 13.2. The van der Waals surface area contributed by atoms with Crippen molar-refractivity contribution < 1.29 is 14.6 Å². The molecular formula is C15H23NO3. The summed E-state index contributed by atoms with van der Waals surface area (Å²) in [4.78, 5) is 0. The van der Waals surface area contributed by atoms with Crippen molar-refractivity contribution in [3.8, 4) is 5.75 Å². The molecule has 2 atom stereocenters. The number of nitrogens with one attached hydrogen (secondary N) is 1. The molecule has 0 saturated heterocycles. The molecule has 0 heterocycles. The fourth-order valence-electron chi connectivity index (χ4n) is 2.24. The molecule has 0 aliphatic heterocycles. The van der Waals surface area contributed by atoms with Crippen LogP contribution in [0.15, 0.2) is 24.3 Å². The van der Waals surface area contributed by atoms with E-state index in [2.05, 4.69) is 19.2 Å². The Kier molecular flexibility index (Phi) is 4.32. The van der Waals surface area contributed by atoms with Crippen LogP contribution in [0.5, 0.6) is 5.75 Å². The summed E-state index contributed by atoms with van der Waals surface area (Å²) < 4.78 is 10.4. The summed E-state index contributed by atoms with van der Waals surface area (Å²) in [6.07, 6.45) is 0.598. The second-order valence-electron chi connectivity index (χ2n) is 5.64. The van der Waals surface area contributed by atoms with Crippen molar-refractivity contribution >= 4 is 5.69 Å². The molecule has 0 bridgehead atoms. The van der Waals surface area contributed by atoms with Crippen molar-refractivity contribution in [1.82, 2.24) is 0 Å². The molecule has 1 saturated carbocycles. The van der Waals surface area contributed by atoms with E-state index in [1.807, 2.05) is 24.3 Å². The molecule has 4 nitrogen and oxygen atoms in total. The van der Waals surface area contributed by atoms with Crippen LogP contribution in [0.3, 0.4) is 0 Å². The average molecular weight is 265 g/mol. The molecule has 4 heteroatoms. The van der Waals surface area contributed by atoms with Gasteiger partial charge in [0.1, 0.15) is 12.4 Å². The largest absolute Gasteiger partial charge is 0.491 e. The van der Waals surface area contributed by atoms with Crippen LogP contribution in [-0.4, -0.2) is 37.6 Å². The summed E-state index contributed by atoms with van der Waals surface area (Å²) in [6, 6.07) is 8.22. The average Bonchev–Trinajstić information content (AvgIpc) is 2.40. The lowest BCUT2D eigenvalue weighted by molar-refractivity contribution is -0.0510. The molecule has 1 aromatic rings. The predicted octanol–water partition coefficient (Wildman–Crippen LogP) is 2.28. The Morgan fingerprint density at radius 3 is 2.47 bits per heavy atom. The molecule has 2 N–H and O–H groups in total. The number of anilines is 1. The van der Waals surface area contributed by atoms with Gasteiger partial charge in [0.15, 0.2) is 0 Å². The van der Waals surface area contributed by atoms with Gasteiger partial charge in [-0.2, -0.15) is 0 Å². The van der Waals surface area contributed by atoms with E-state index in [1.54, 1.807) is 7.11 Å². The molecule has 0 amide bonds. The van der Waals surface area contributed by atoms with Gasteiger partial charge in [-0.15, -0.1) is 0 Å². The van der Waals surface area contributed by atoms with Crippen LogP contribution in [0.25, 0.3) is 0 Å². The van der Waals surface area contributed by atoms with E-state index in [1.165, 1.54) is 0 Å². The third-order valence-corrected chi connectivity index (χ3v) is 3.97. The molecule has 0 aromatic heterocycles. The monoisotopic (exact) mass is 265 g/mol. The smallest absolute Gasteiger partial charge is 0.119 e. The fraction of sp³-hybridized carbons (Fsp3) is 0.600. The lowest BCUT2D eigenvalue weighted by Crippen LogP contribution is -2.56. The van der Waals surface area contributed by atoms with Crippen molar-refractivity contribution in [3.05, 3.63) is 24.3 Å². The highest BCUT2D eigenvalue weighted by molar-refractivity contribution is 5.48. The minimum atomic E-state index is -0.207. The molecular weight excluding hydrogens is 242 g/mol. The topological polar surface area (TPSA) is 50.7 Å². The molecule has 2 rings (SSSR count). The summed E-state index contributed by atoms with van der Waals surface area (Å²) >= 11 is 0. The van der Waals surface area contributed by atoms with Crippen molar-refractivity contribution in [2.24, 2.45) is 5.41 Å². The van der Waals surface area contributed by atoms with Gasteiger partial charge in [0, 0.05) is 24.3 Å². The highest BCUT2D eigenvalue weighted by atomic mass is 16.5. The van der Waals surface area contributed by atoms with Crippen LogP contribution in [-0.2, 0) is 4.74 Å². The number of ether oxygens (including phenoxy) is 2. The molecule has 2 unspecified atom stereocenters. The fourth-order valence-corrected chi connectivity index (χ4v) is 2.24. The maximum Gasteiger partial charge on any atom is 0.119 e. The number of aliphatic hydroxyl groups is 1. The maximum absolute atomic E-state index is 9.72. The van der Waals surface area contributed by atoms with Crippen LogP contribution in [0.4, 0.5) is 5.69 Å². The lowest BCUT2D eigenvalue weighted by atomic mass is 9.64. The Bertz CT molecular complexity index is 402. The van der Waals surface area contributed by atoms with Gasteiger partial charge in [0.05, 0.1) is 12.7 Å². The second-order valence-corrected chi connectivity index (χ2v) is 5.64. The SMILES string of the molecule is COCCOc1ccc(NC2CC(O)C2(C)C)cc1. The van der Waals surface area contributed by atoms with Crippen molar-refractivity contribution in [2.45, 2.75) is 32.4 Å². The zero-order valence-electron chi connectivity index (χ0n) is 11.8. The third-order valence-electron chi connectivity index (χ3n) is 3.97. The Morgan fingerprint density at radius 1 is 1.26 bits per heavy atom. The number of benzene rings is 1. The van der Waals surface area contributed by atoms with Gasteiger partial charge in [-0.05, 0) is 30.7 Å². The van der Waals surface area contributed by atoms with Crippen LogP contribution >= 0.6 is 0 Å². The summed E-state index contributed by atoms with van der Waals surface area (Å²) in [6.45, 7) is 5.32. The molecule has 0 spiro atoms. The van der Waals surface area contributed by atoms with Gasteiger partial charge >= 0.3 is 0 Å². The number of hydrogen-bond acceptors (Lipinski definition) is 4. The minimum absolute atomic E-state index is 0.0619. The van der Waals surface area contributed by atoms with E-state index in [9.17, 15) is 5.11 Å². The standard InChI is InChI=1S/C15H23NO3/c1-15(2)13(10-14(15)17)16-11-4-6-12(7-5-11)19-9-8-18-3/h4-7,13-14,16-17H,8-10H2,1-3H3. The molecule has 1 fully saturated rings. The Labute approximate surface area is 114 Å². The Balaban J connectivity index is 1.85. The van der Waals surface area contributed by atoms with E-state index in [-0.39, 0.29) is 11.5 Å². The zero-order chi connectivity index (χ0) is 13.9. The van der Waals surface area contributed by atoms with Gasteiger partial charge in [0.2, 0.25) is 0 Å². The van der Waals surface area contributed by atoms with Gasteiger partial charge in [-0.25, -0.2) is 0 Å². The summed E-state index contributed by atoms with van der Waals surface area (Å²) in [5.41, 5.74) is 0.997. The van der Waals surface area contributed by atoms with E-state index in [0.717, 1.165) is 17.9 Å². The first-order valence-electron chi connectivity index (χ1n) is 6.70. The van der Waals surface area contributed by atoms with Gasteiger partial charge in [-0.3, -0.25) is 0 Å². The molecule has 1 aromatic carbocycles. The van der Waals surface area contributed by atoms with E-state index in [0.29, 0.717) is 19.3 Å². The first-order chi connectivity index (χ1) is 9.04. The van der Waals surface area contributed by atoms with E-state index < -0.39 is 0 Å². The van der Waals surface area contributed by atoms with Crippen LogP contribution in [0, 0.1) is 5.41 Å². The summed E-state index contributed by atoms with van der Waals surface area (Å²) in [7, 11) is 1.66. The Hall–Kier alpha value is -1.26. The van der Waals surface area contributed by atoms with Crippen LogP contribution < -0.4 is 10.1 Å². The molecule has 106 valence electrons. The van der Waals surface area contributed by atoms with Crippen molar-refractivity contribution in [1.29, 1.82) is 0 Å². The minimum Gasteiger partial charge on any atom is -0.491 e. The Morgan fingerprint density at radius 2 is 1.95 bits per heavy atom. The van der Waals surface area contributed by atoms with Crippen molar-refractivity contribution in [2.75, 3.05) is 25.6 Å². The van der Waals surface area contributed by atoms with Crippen LogP contribution in [0.2, 0.25) is 0 Å². The normalized spacial score (nSPS) is 24.6. The molecule has 1 aliphatic carbocycles. The van der Waals surface area contributed by atoms with Gasteiger partial charge in [0.25, 0.3) is 0 Å². The molecule has 1 aliphatic rings. The third kappa shape index (κ3) is 3.19. The van der Waals surface area contributed by atoms with Crippen molar-refractivity contribution in [3.63, 3.8) is 0 Å². The quantitative estimate of drug-likeness (QED) is 0.775. The number of aliphatic hydroxyl groups excluding tert-OH is 1. The molecule has 19 heavy (non-hydrogen) atoms. The zero-order valence-corrected chi connectivity index (χ0v) is 11.8. The van der Waals surface area contributed by atoms with E-state index >= 15 is 0 Å². The summed E-state index contributed by atoms with van der Waals surface area (Å²) in [5.74, 6) is 0.843. The van der Waals surface area contributed by atoms with Gasteiger partial charge in [-0.1, -0.05) is 13.8 Å². The first-order valence-corrected chi connectivity index (χ1v) is 6.70.